The van der Waals surface area contributed by atoms with Crippen molar-refractivity contribution in [1.29, 1.82) is 0 Å². The second-order valence-electron chi connectivity index (χ2n) is 4.52. The predicted molar refractivity (Wildman–Crippen MR) is 53.4 cm³/mol. The van der Waals surface area contributed by atoms with E-state index in [0.29, 0.717) is 19.1 Å². The Morgan fingerprint density at radius 2 is 2.14 bits per heavy atom. The van der Waals surface area contributed by atoms with Gasteiger partial charge < -0.3 is 10.0 Å². The first kappa shape index (κ1) is 9.77. The van der Waals surface area contributed by atoms with Gasteiger partial charge in [0.2, 0.25) is 0 Å². The third-order valence-electron chi connectivity index (χ3n) is 3.23. The zero-order chi connectivity index (χ0) is 10.1. The van der Waals surface area contributed by atoms with Crippen molar-refractivity contribution in [2.75, 3.05) is 26.2 Å². The second-order valence-corrected chi connectivity index (χ2v) is 4.52. The molecule has 1 heterocycles. The lowest BCUT2D eigenvalue weighted by Gasteiger charge is -2.38. The molecule has 4 heteroatoms. The lowest BCUT2D eigenvalue weighted by Crippen LogP contribution is -2.53. The van der Waals surface area contributed by atoms with Gasteiger partial charge in [-0.25, -0.2) is 4.79 Å². The second kappa shape index (κ2) is 3.77. The van der Waals surface area contributed by atoms with Gasteiger partial charge in [0.15, 0.2) is 0 Å². The van der Waals surface area contributed by atoms with E-state index >= 15 is 0 Å². The smallest absolute Gasteiger partial charge is 0.407 e. The van der Waals surface area contributed by atoms with Gasteiger partial charge in [-0.2, -0.15) is 0 Å². The minimum Gasteiger partial charge on any atom is -0.465 e. The van der Waals surface area contributed by atoms with Crippen molar-refractivity contribution < 1.29 is 9.90 Å². The summed E-state index contributed by atoms with van der Waals surface area (Å²) in [6, 6.07) is 0.389. The molecule has 1 aliphatic carbocycles. The molecular weight excluding hydrogens is 180 g/mol. The van der Waals surface area contributed by atoms with E-state index < -0.39 is 6.09 Å². The number of piperazine rings is 1. The van der Waals surface area contributed by atoms with Gasteiger partial charge in [-0.3, -0.25) is 4.90 Å². The Labute approximate surface area is 84.5 Å². The number of hydrogen-bond donors (Lipinski definition) is 1. The normalized spacial score (nSPS) is 29.2. The Kier molecular flexibility index (Phi) is 2.63. The van der Waals surface area contributed by atoms with E-state index in [4.69, 9.17) is 5.11 Å². The van der Waals surface area contributed by atoms with Crippen LogP contribution >= 0.6 is 0 Å². The van der Waals surface area contributed by atoms with E-state index in [1.54, 1.807) is 0 Å². The zero-order valence-electron chi connectivity index (χ0n) is 8.65. The van der Waals surface area contributed by atoms with Crippen LogP contribution in [0.4, 0.5) is 4.79 Å². The average Bonchev–Trinajstić information content (AvgIpc) is 2.92. The molecule has 0 unspecified atom stereocenters. The summed E-state index contributed by atoms with van der Waals surface area (Å²) >= 11 is 0. The third kappa shape index (κ3) is 2.18. The highest BCUT2D eigenvalue weighted by Gasteiger charge is 2.31. The Bertz CT molecular complexity index is 228. The van der Waals surface area contributed by atoms with Crippen molar-refractivity contribution >= 4 is 6.09 Å². The SMILES string of the molecule is C[C@H]1CN(C(=O)O)CCN1CC1CC1. The lowest BCUT2D eigenvalue weighted by atomic mass is 10.2. The summed E-state index contributed by atoms with van der Waals surface area (Å²) in [5.41, 5.74) is 0. The maximum absolute atomic E-state index is 10.7. The fourth-order valence-corrected chi connectivity index (χ4v) is 2.07. The van der Waals surface area contributed by atoms with Crippen molar-refractivity contribution in [3.63, 3.8) is 0 Å². The molecule has 1 amide bonds. The van der Waals surface area contributed by atoms with Gasteiger partial charge in [-0.05, 0) is 25.7 Å². The van der Waals surface area contributed by atoms with E-state index in [1.807, 2.05) is 0 Å². The van der Waals surface area contributed by atoms with Crippen LogP contribution in [0.25, 0.3) is 0 Å². The van der Waals surface area contributed by atoms with Gasteiger partial charge in [0.05, 0.1) is 0 Å². The molecule has 0 aromatic heterocycles. The van der Waals surface area contributed by atoms with Gasteiger partial charge in [0, 0.05) is 32.2 Å². The molecule has 4 nitrogen and oxygen atoms in total. The molecule has 1 atom stereocenters. The molecule has 1 saturated heterocycles. The van der Waals surface area contributed by atoms with Gasteiger partial charge in [0.25, 0.3) is 0 Å². The van der Waals surface area contributed by atoms with Crippen molar-refractivity contribution in [1.82, 2.24) is 9.80 Å². The molecule has 0 aromatic rings. The number of carboxylic acid groups (broad SMARTS) is 1. The zero-order valence-corrected chi connectivity index (χ0v) is 8.65. The quantitative estimate of drug-likeness (QED) is 0.722. The van der Waals surface area contributed by atoms with Crippen molar-refractivity contribution in [3.05, 3.63) is 0 Å². The summed E-state index contributed by atoms with van der Waals surface area (Å²) in [6.45, 7) is 5.55. The molecule has 14 heavy (non-hydrogen) atoms. The van der Waals surface area contributed by atoms with Crippen LogP contribution in [-0.4, -0.2) is 53.2 Å². The average molecular weight is 198 g/mol. The molecule has 2 aliphatic rings. The lowest BCUT2D eigenvalue weighted by molar-refractivity contribution is 0.0728. The maximum Gasteiger partial charge on any atom is 0.407 e. The first-order valence-electron chi connectivity index (χ1n) is 5.38. The van der Waals surface area contributed by atoms with Gasteiger partial charge in [-0.15, -0.1) is 0 Å². The summed E-state index contributed by atoms with van der Waals surface area (Å²) in [5.74, 6) is 0.897. The van der Waals surface area contributed by atoms with E-state index in [0.717, 1.165) is 12.5 Å². The molecule has 1 aliphatic heterocycles. The molecule has 1 N–H and O–H groups in total. The van der Waals surface area contributed by atoms with Gasteiger partial charge >= 0.3 is 6.09 Å². The van der Waals surface area contributed by atoms with Crippen molar-refractivity contribution in [2.24, 2.45) is 5.92 Å². The molecule has 1 saturated carbocycles. The molecular formula is C10H18N2O2. The highest BCUT2D eigenvalue weighted by molar-refractivity contribution is 5.65. The largest absolute Gasteiger partial charge is 0.465 e. The highest BCUT2D eigenvalue weighted by Crippen LogP contribution is 2.30. The molecule has 0 spiro atoms. The monoisotopic (exact) mass is 198 g/mol. The minimum atomic E-state index is -0.775. The van der Waals surface area contributed by atoms with E-state index in [1.165, 1.54) is 24.3 Å². The predicted octanol–water partition coefficient (Wildman–Crippen LogP) is 1.08. The van der Waals surface area contributed by atoms with Crippen LogP contribution in [0.5, 0.6) is 0 Å². The van der Waals surface area contributed by atoms with E-state index in [9.17, 15) is 4.79 Å². The summed E-state index contributed by atoms with van der Waals surface area (Å²) < 4.78 is 0. The number of nitrogens with zero attached hydrogens (tertiary/aromatic N) is 2. The van der Waals surface area contributed by atoms with Crippen LogP contribution in [0.2, 0.25) is 0 Å². The molecule has 2 fully saturated rings. The summed E-state index contributed by atoms with van der Waals surface area (Å²) in [4.78, 5) is 14.7. The minimum absolute atomic E-state index is 0.389. The third-order valence-corrected chi connectivity index (χ3v) is 3.23. The highest BCUT2D eigenvalue weighted by atomic mass is 16.4. The molecule has 80 valence electrons. The number of hydrogen-bond acceptors (Lipinski definition) is 2. The summed E-state index contributed by atoms with van der Waals surface area (Å²) in [5, 5.41) is 8.84. The van der Waals surface area contributed by atoms with Crippen LogP contribution in [0, 0.1) is 5.92 Å². The molecule has 2 rings (SSSR count). The van der Waals surface area contributed by atoms with E-state index in [2.05, 4.69) is 11.8 Å². The first-order valence-corrected chi connectivity index (χ1v) is 5.38. The van der Waals surface area contributed by atoms with Crippen molar-refractivity contribution in [3.8, 4) is 0 Å². The first-order chi connectivity index (χ1) is 6.66. The molecule has 0 aromatic carbocycles. The Morgan fingerprint density at radius 3 is 2.64 bits per heavy atom. The maximum atomic E-state index is 10.7. The number of amides is 1. The summed E-state index contributed by atoms with van der Waals surface area (Å²) in [7, 11) is 0. The standard InChI is InChI=1S/C10H18N2O2/c1-8-6-12(10(13)14)5-4-11(8)7-9-2-3-9/h8-9H,2-7H2,1H3,(H,13,14)/t8-/m0/s1. The Balaban J connectivity index is 1.82. The molecule has 0 radical (unpaired) electrons. The van der Waals surface area contributed by atoms with Crippen LogP contribution in [-0.2, 0) is 0 Å². The van der Waals surface area contributed by atoms with Crippen LogP contribution < -0.4 is 0 Å². The molecule has 0 bridgehead atoms. The van der Waals surface area contributed by atoms with Gasteiger partial charge in [-0.1, -0.05) is 0 Å². The van der Waals surface area contributed by atoms with Crippen LogP contribution in [0.1, 0.15) is 19.8 Å². The Morgan fingerprint density at radius 1 is 1.43 bits per heavy atom. The fraction of sp³-hybridized carbons (Fsp3) is 0.900. The number of rotatable bonds is 2. The van der Waals surface area contributed by atoms with Crippen LogP contribution in [0.3, 0.4) is 0 Å². The number of carbonyl (C=O) groups is 1. The van der Waals surface area contributed by atoms with Crippen molar-refractivity contribution in [2.45, 2.75) is 25.8 Å². The topological polar surface area (TPSA) is 43.8 Å². The van der Waals surface area contributed by atoms with Gasteiger partial charge in [0.1, 0.15) is 0 Å². The Hall–Kier alpha value is -0.770. The van der Waals surface area contributed by atoms with Crippen LogP contribution in [0.15, 0.2) is 0 Å². The van der Waals surface area contributed by atoms with E-state index in [-0.39, 0.29) is 0 Å². The summed E-state index contributed by atoms with van der Waals surface area (Å²) in [6.07, 6.45) is 1.96. The fourth-order valence-electron chi connectivity index (χ4n) is 2.07.